The van der Waals surface area contributed by atoms with Crippen molar-refractivity contribution in [2.45, 2.75) is 38.0 Å². The van der Waals surface area contributed by atoms with Gasteiger partial charge in [-0.05, 0) is 38.0 Å². The van der Waals surface area contributed by atoms with E-state index in [1.807, 2.05) is 6.20 Å². The molecular weight excluding hydrogens is 425 g/mol. The molecule has 0 saturated carbocycles. The van der Waals surface area contributed by atoms with Crippen LogP contribution < -0.4 is 15.1 Å². The van der Waals surface area contributed by atoms with E-state index in [0.717, 1.165) is 30.1 Å². The zero-order valence-electron chi connectivity index (χ0n) is 18.1. The van der Waals surface area contributed by atoms with E-state index >= 15 is 0 Å². The molecule has 0 saturated heterocycles. The summed E-state index contributed by atoms with van der Waals surface area (Å²) in [6.07, 6.45) is -0.743. The van der Waals surface area contributed by atoms with Crippen molar-refractivity contribution in [1.29, 1.82) is 0 Å². The highest BCUT2D eigenvalue weighted by atomic mass is 32.2. The number of thioether (sulfide) groups is 1. The first-order valence-electron chi connectivity index (χ1n) is 9.90. The van der Waals surface area contributed by atoms with E-state index in [0.29, 0.717) is 22.4 Å². The third kappa shape index (κ3) is 4.17. The topological polar surface area (TPSA) is 56.7 Å². The number of anilines is 3. The minimum Gasteiger partial charge on any atom is -0.375 e. The fourth-order valence-electron chi connectivity index (χ4n) is 3.79. The number of halogens is 3. The first kappa shape index (κ1) is 21.7. The molecule has 0 aromatic carbocycles. The SMILES string of the molecule is CN(C)c1cc(C(F)(F)F)cnc1NC1=NC(c2cc3c(cn2)N(C)C(C)(C)C3)CS1. The molecule has 0 spiro atoms. The summed E-state index contributed by atoms with van der Waals surface area (Å²) < 4.78 is 39.2. The van der Waals surface area contributed by atoms with Crippen molar-refractivity contribution in [1.82, 2.24) is 9.97 Å². The van der Waals surface area contributed by atoms with Gasteiger partial charge in [0.2, 0.25) is 0 Å². The number of aromatic nitrogens is 2. The van der Waals surface area contributed by atoms with Gasteiger partial charge in [-0.15, -0.1) is 0 Å². The van der Waals surface area contributed by atoms with E-state index in [1.54, 1.807) is 19.0 Å². The summed E-state index contributed by atoms with van der Waals surface area (Å²) in [6, 6.07) is 3.11. The Kier molecular flexibility index (Phi) is 5.31. The highest BCUT2D eigenvalue weighted by Gasteiger charge is 2.35. The van der Waals surface area contributed by atoms with Gasteiger partial charge in [0.1, 0.15) is 6.04 Å². The average molecular weight is 451 g/mol. The van der Waals surface area contributed by atoms with Crippen molar-refractivity contribution in [2.75, 3.05) is 42.0 Å². The maximum Gasteiger partial charge on any atom is 0.417 e. The minimum atomic E-state index is -4.44. The van der Waals surface area contributed by atoms with Gasteiger partial charge in [0.25, 0.3) is 0 Å². The van der Waals surface area contributed by atoms with E-state index in [9.17, 15) is 13.2 Å². The van der Waals surface area contributed by atoms with Gasteiger partial charge < -0.3 is 15.1 Å². The molecule has 0 fully saturated rings. The Morgan fingerprint density at radius 2 is 1.94 bits per heavy atom. The molecule has 0 aliphatic carbocycles. The fourth-order valence-corrected chi connectivity index (χ4v) is 4.72. The minimum absolute atomic E-state index is 0.0554. The zero-order chi connectivity index (χ0) is 22.6. The van der Waals surface area contributed by atoms with E-state index < -0.39 is 11.7 Å². The van der Waals surface area contributed by atoms with Gasteiger partial charge in [-0.1, -0.05) is 11.8 Å². The number of hydrogen-bond acceptors (Lipinski definition) is 7. The van der Waals surface area contributed by atoms with Crippen molar-refractivity contribution in [3.8, 4) is 0 Å². The molecular formula is C21H25F3N6S. The van der Waals surface area contributed by atoms with E-state index in [-0.39, 0.29) is 11.6 Å². The van der Waals surface area contributed by atoms with Crippen LogP contribution in [-0.2, 0) is 12.6 Å². The Balaban J connectivity index is 1.55. The highest BCUT2D eigenvalue weighted by molar-refractivity contribution is 8.14. The highest BCUT2D eigenvalue weighted by Crippen LogP contribution is 2.40. The molecule has 0 radical (unpaired) electrons. The molecule has 1 atom stereocenters. The van der Waals surface area contributed by atoms with Gasteiger partial charge in [-0.25, -0.2) is 4.98 Å². The van der Waals surface area contributed by atoms with E-state index in [1.165, 1.54) is 17.3 Å². The number of nitrogens with one attached hydrogen (secondary N) is 1. The van der Waals surface area contributed by atoms with Crippen LogP contribution in [0.25, 0.3) is 0 Å². The molecule has 2 aliphatic heterocycles. The Labute approximate surface area is 184 Å². The molecule has 4 rings (SSSR count). The maximum atomic E-state index is 13.1. The third-order valence-corrected chi connectivity index (χ3v) is 6.74. The lowest BCUT2D eigenvalue weighted by Crippen LogP contribution is -2.37. The number of hydrogen-bond donors (Lipinski definition) is 1. The molecule has 2 aromatic heterocycles. The normalized spacial score (nSPS) is 19.9. The molecule has 31 heavy (non-hydrogen) atoms. The second kappa shape index (κ2) is 7.58. The van der Waals surface area contributed by atoms with Crippen molar-refractivity contribution >= 4 is 34.1 Å². The van der Waals surface area contributed by atoms with Crippen molar-refractivity contribution in [2.24, 2.45) is 4.99 Å². The maximum absolute atomic E-state index is 13.1. The summed E-state index contributed by atoms with van der Waals surface area (Å²) in [5.74, 6) is 1.06. The third-order valence-electron chi connectivity index (χ3n) is 5.77. The summed E-state index contributed by atoms with van der Waals surface area (Å²) in [5, 5.41) is 3.72. The number of amidine groups is 1. The summed E-state index contributed by atoms with van der Waals surface area (Å²) >= 11 is 1.51. The number of pyridine rings is 2. The van der Waals surface area contributed by atoms with E-state index in [2.05, 4.69) is 47.1 Å². The van der Waals surface area contributed by atoms with Gasteiger partial charge in [-0.3, -0.25) is 9.98 Å². The van der Waals surface area contributed by atoms with Crippen molar-refractivity contribution < 1.29 is 13.2 Å². The average Bonchev–Trinajstić information content (AvgIpc) is 3.23. The molecule has 0 bridgehead atoms. The van der Waals surface area contributed by atoms with Gasteiger partial charge in [0.05, 0.1) is 28.8 Å². The Morgan fingerprint density at radius 3 is 2.61 bits per heavy atom. The summed E-state index contributed by atoms with van der Waals surface area (Å²) in [5.41, 5.74) is 2.94. The Morgan fingerprint density at radius 1 is 1.19 bits per heavy atom. The van der Waals surface area contributed by atoms with Crippen LogP contribution in [-0.4, -0.2) is 47.6 Å². The molecule has 10 heteroatoms. The van der Waals surface area contributed by atoms with Gasteiger partial charge in [0, 0.05) is 38.6 Å². The largest absolute Gasteiger partial charge is 0.417 e. The predicted octanol–water partition coefficient (Wildman–Crippen LogP) is 4.59. The summed E-state index contributed by atoms with van der Waals surface area (Å²) in [4.78, 5) is 17.2. The lowest BCUT2D eigenvalue weighted by atomic mass is 9.99. The van der Waals surface area contributed by atoms with Gasteiger partial charge >= 0.3 is 6.18 Å². The number of aliphatic imine (C=N–C) groups is 1. The Hall–Kier alpha value is -2.49. The lowest BCUT2D eigenvalue weighted by Gasteiger charge is -2.29. The first-order valence-corrected chi connectivity index (χ1v) is 10.9. The fraction of sp³-hybridized carbons (Fsp3) is 0.476. The van der Waals surface area contributed by atoms with Crippen LogP contribution in [0.2, 0.25) is 0 Å². The molecule has 4 heterocycles. The summed E-state index contributed by atoms with van der Waals surface area (Å²) in [7, 11) is 5.45. The molecule has 1 unspecified atom stereocenters. The quantitative estimate of drug-likeness (QED) is 0.738. The van der Waals surface area contributed by atoms with Crippen LogP contribution in [0.1, 0.15) is 36.7 Å². The molecule has 0 amide bonds. The number of likely N-dealkylation sites (N-methyl/N-ethyl adjacent to an activating group) is 1. The number of nitrogens with zero attached hydrogens (tertiary/aromatic N) is 5. The first-order chi connectivity index (χ1) is 14.5. The van der Waals surface area contributed by atoms with Crippen LogP contribution in [0.5, 0.6) is 0 Å². The van der Waals surface area contributed by atoms with Crippen LogP contribution in [0, 0.1) is 0 Å². The van der Waals surface area contributed by atoms with Crippen molar-refractivity contribution in [3.05, 3.63) is 41.3 Å². The van der Waals surface area contributed by atoms with Crippen LogP contribution >= 0.6 is 11.8 Å². The molecule has 1 N–H and O–H groups in total. The monoisotopic (exact) mass is 450 g/mol. The number of rotatable bonds is 3. The standard InChI is InChI=1S/C21H25F3N6S/c1-20(2)8-12-6-14(25-10-17(12)30(20)5)15-11-31-19(27-15)28-18-16(29(3)4)7-13(9-26-18)21(22,23)24/h6-7,9-10,15H,8,11H2,1-5H3,(H,26,27,28). The molecule has 166 valence electrons. The van der Waals surface area contributed by atoms with Crippen LogP contribution in [0.15, 0.2) is 29.5 Å². The molecule has 2 aromatic rings. The van der Waals surface area contributed by atoms with Crippen LogP contribution in [0.3, 0.4) is 0 Å². The summed E-state index contributed by atoms with van der Waals surface area (Å²) in [6.45, 7) is 4.41. The van der Waals surface area contributed by atoms with Crippen molar-refractivity contribution in [3.63, 3.8) is 0 Å². The molecule has 2 aliphatic rings. The second-order valence-corrected chi connectivity index (χ2v) is 9.66. The smallest absolute Gasteiger partial charge is 0.375 e. The zero-order valence-corrected chi connectivity index (χ0v) is 18.9. The predicted molar refractivity (Wildman–Crippen MR) is 120 cm³/mol. The number of alkyl halides is 3. The Bertz CT molecular complexity index is 1030. The number of fused-ring (bicyclic) bond motifs is 1. The second-order valence-electron chi connectivity index (χ2n) is 8.66. The van der Waals surface area contributed by atoms with Gasteiger partial charge in [0.15, 0.2) is 11.0 Å². The van der Waals surface area contributed by atoms with Gasteiger partial charge in [-0.2, -0.15) is 13.2 Å². The molecule has 6 nitrogen and oxygen atoms in total. The van der Waals surface area contributed by atoms with E-state index in [4.69, 9.17) is 4.99 Å². The van der Waals surface area contributed by atoms with Crippen LogP contribution in [0.4, 0.5) is 30.4 Å². The lowest BCUT2D eigenvalue weighted by molar-refractivity contribution is -0.137.